The fourth-order valence-electron chi connectivity index (χ4n) is 2.02. The highest BCUT2D eigenvalue weighted by Gasteiger charge is 2.33. The molecule has 2 rings (SSSR count). The van der Waals surface area contributed by atoms with Gasteiger partial charge in [-0.25, -0.2) is 0 Å². The van der Waals surface area contributed by atoms with Crippen molar-refractivity contribution in [2.45, 2.75) is 42.9 Å². The van der Waals surface area contributed by atoms with Crippen LogP contribution in [0.3, 0.4) is 0 Å². The van der Waals surface area contributed by atoms with Crippen molar-refractivity contribution >= 4 is 28.5 Å². The number of amides is 1. The van der Waals surface area contributed by atoms with E-state index in [9.17, 15) is 4.79 Å². The minimum atomic E-state index is -0.550. The van der Waals surface area contributed by atoms with Crippen LogP contribution in [-0.2, 0) is 0 Å². The first-order chi connectivity index (χ1) is 9.54. The number of hydrogen-bond donors (Lipinski definition) is 0. The quantitative estimate of drug-likeness (QED) is 0.634. The summed E-state index contributed by atoms with van der Waals surface area (Å²) in [5.74, 6) is 2.77. The van der Waals surface area contributed by atoms with Crippen molar-refractivity contribution in [2.24, 2.45) is 0 Å². The topological polar surface area (TPSA) is 55.3 Å². The van der Waals surface area contributed by atoms with Crippen LogP contribution in [0.4, 0.5) is 4.79 Å². The summed E-state index contributed by atoms with van der Waals surface area (Å²) in [6.45, 7) is 0. The molecule has 0 N–H and O–H groups in total. The molecular formula is C13H17N3O2S2. The molecule has 0 radical (unpaired) electrons. The Bertz CT molecular complexity index is 516. The lowest BCUT2D eigenvalue weighted by molar-refractivity contribution is 0.0864. The largest absolute Gasteiger partial charge is 0.449 e. The maximum atomic E-state index is 11.6. The number of nitrogens with zero attached hydrogens (tertiary/aromatic N) is 3. The molecular weight excluding hydrogens is 294 g/mol. The molecule has 1 aromatic rings. The van der Waals surface area contributed by atoms with Gasteiger partial charge < -0.3 is 9.64 Å². The van der Waals surface area contributed by atoms with Crippen molar-refractivity contribution in [3.8, 4) is 17.5 Å². The number of aromatic nitrogens is 2. The molecule has 20 heavy (non-hydrogen) atoms. The zero-order valence-electron chi connectivity index (χ0n) is 11.6. The van der Waals surface area contributed by atoms with Crippen molar-refractivity contribution in [3.63, 3.8) is 0 Å². The maximum Gasteiger partial charge on any atom is 0.295 e. The van der Waals surface area contributed by atoms with Gasteiger partial charge in [0.1, 0.15) is 0 Å². The molecule has 0 spiro atoms. The molecule has 1 aliphatic rings. The molecule has 0 aromatic carbocycles. The van der Waals surface area contributed by atoms with Crippen LogP contribution in [0, 0.1) is 12.3 Å². The molecule has 0 aliphatic heterocycles. The van der Waals surface area contributed by atoms with E-state index in [2.05, 4.69) is 15.3 Å². The molecule has 1 amide bonds. The van der Waals surface area contributed by atoms with E-state index < -0.39 is 5.60 Å². The maximum absolute atomic E-state index is 11.6. The molecule has 0 saturated heterocycles. The molecule has 1 aromatic heterocycles. The molecule has 1 saturated carbocycles. The third-order valence-corrected chi connectivity index (χ3v) is 4.75. The van der Waals surface area contributed by atoms with Crippen LogP contribution in [0.2, 0.25) is 0 Å². The number of hydrogen-bond acceptors (Lipinski definition) is 6. The van der Waals surface area contributed by atoms with E-state index in [1.807, 2.05) is 0 Å². The Morgan fingerprint density at radius 3 is 2.75 bits per heavy atom. The third kappa shape index (κ3) is 3.64. The number of rotatable bonds is 3. The van der Waals surface area contributed by atoms with Gasteiger partial charge in [0.25, 0.3) is 10.4 Å². The predicted molar refractivity (Wildman–Crippen MR) is 80.1 cm³/mol. The summed E-state index contributed by atoms with van der Waals surface area (Å²) in [7, 11) is 3.38. The van der Waals surface area contributed by atoms with Crippen LogP contribution < -0.4 is 4.74 Å². The second kappa shape index (κ2) is 6.46. The Balaban J connectivity index is 2.02. The number of carbonyl (C=O) groups is 1. The molecule has 0 atom stereocenters. The first kappa shape index (κ1) is 15.1. The summed E-state index contributed by atoms with van der Waals surface area (Å²) >= 11 is 2.12. The van der Waals surface area contributed by atoms with E-state index >= 15 is 0 Å². The Labute approximate surface area is 127 Å². The highest BCUT2D eigenvalue weighted by Crippen LogP contribution is 2.34. The average Bonchev–Trinajstić information content (AvgIpc) is 2.86. The number of terminal acetylenes is 1. The van der Waals surface area contributed by atoms with E-state index in [0.29, 0.717) is 10.4 Å². The van der Waals surface area contributed by atoms with Crippen LogP contribution in [0.25, 0.3) is 0 Å². The number of carbonyl (C=O) groups excluding carboxylic acids is 1. The third-order valence-electron chi connectivity index (χ3n) is 3.14. The molecule has 0 unspecified atom stereocenters. The first-order valence-electron chi connectivity index (χ1n) is 6.44. The van der Waals surface area contributed by atoms with Crippen molar-refractivity contribution in [1.82, 2.24) is 14.3 Å². The number of thioether (sulfide) groups is 1. The van der Waals surface area contributed by atoms with Gasteiger partial charge in [-0.15, -0.1) is 6.42 Å². The fraction of sp³-hybridized carbons (Fsp3) is 0.615. The summed E-state index contributed by atoms with van der Waals surface area (Å²) in [6.07, 6.45) is 10.7. The summed E-state index contributed by atoms with van der Waals surface area (Å²) in [6, 6.07) is 0. The van der Waals surface area contributed by atoms with Crippen molar-refractivity contribution in [3.05, 3.63) is 0 Å². The standard InChI is InChI=1S/C13H17N3O2S2/c1-4-13(8-6-5-7-9-13)18-11-14-10(15-20-11)19-12(17)16(2)3/h1H,5-9H2,2-3H3. The van der Waals surface area contributed by atoms with Crippen LogP contribution in [-0.4, -0.2) is 39.2 Å². The summed E-state index contributed by atoms with van der Waals surface area (Å²) in [5, 5.41) is 0.740. The van der Waals surface area contributed by atoms with Gasteiger partial charge in [-0.1, -0.05) is 12.3 Å². The minimum Gasteiger partial charge on any atom is -0.449 e. The van der Waals surface area contributed by atoms with Gasteiger partial charge in [0.15, 0.2) is 5.60 Å². The van der Waals surface area contributed by atoms with Crippen LogP contribution in [0.15, 0.2) is 5.16 Å². The summed E-state index contributed by atoms with van der Waals surface area (Å²) in [4.78, 5) is 17.3. The Hall–Kier alpha value is -1.26. The Morgan fingerprint density at radius 2 is 2.15 bits per heavy atom. The zero-order chi connectivity index (χ0) is 14.6. The molecule has 1 heterocycles. The lowest BCUT2D eigenvalue weighted by atomic mass is 9.85. The van der Waals surface area contributed by atoms with E-state index in [1.165, 1.54) is 11.3 Å². The second-order valence-corrected chi connectivity index (χ2v) is 6.54. The fourth-order valence-corrected chi connectivity index (χ4v) is 3.32. The molecule has 108 valence electrons. The van der Waals surface area contributed by atoms with Crippen molar-refractivity contribution in [2.75, 3.05) is 14.1 Å². The number of ether oxygens (including phenoxy) is 1. The Morgan fingerprint density at radius 1 is 1.45 bits per heavy atom. The highest BCUT2D eigenvalue weighted by atomic mass is 32.2. The van der Waals surface area contributed by atoms with Gasteiger partial charge in [-0.2, -0.15) is 9.36 Å². The molecule has 1 fully saturated rings. The van der Waals surface area contributed by atoms with E-state index in [0.717, 1.165) is 49.0 Å². The monoisotopic (exact) mass is 311 g/mol. The van der Waals surface area contributed by atoms with Gasteiger partial charge >= 0.3 is 0 Å². The second-order valence-electron chi connectivity index (χ2n) is 4.91. The lowest BCUT2D eigenvalue weighted by Crippen LogP contribution is -2.36. The minimum absolute atomic E-state index is 0.112. The van der Waals surface area contributed by atoms with Gasteiger partial charge in [0.2, 0.25) is 5.16 Å². The van der Waals surface area contributed by atoms with E-state index in [1.54, 1.807) is 14.1 Å². The van der Waals surface area contributed by atoms with Crippen molar-refractivity contribution < 1.29 is 9.53 Å². The van der Waals surface area contributed by atoms with Gasteiger partial charge in [0, 0.05) is 37.4 Å². The summed E-state index contributed by atoms with van der Waals surface area (Å²) < 4.78 is 10.0. The first-order valence-corrected chi connectivity index (χ1v) is 8.03. The molecule has 5 nitrogen and oxygen atoms in total. The normalized spacial score (nSPS) is 17.2. The molecule has 1 aliphatic carbocycles. The van der Waals surface area contributed by atoms with E-state index in [-0.39, 0.29) is 5.24 Å². The van der Waals surface area contributed by atoms with Crippen LogP contribution in [0.1, 0.15) is 32.1 Å². The molecule has 0 bridgehead atoms. The van der Waals surface area contributed by atoms with Crippen LogP contribution >= 0.6 is 23.3 Å². The highest BCUT2D eigenvalue weighted by molar-refractivity contribution is 8.13. The lowest BCUT2D eigenvalue weighted by Gasteiger charge is -2.31. The van der Waals surface area contributed by atoms with E-state index in [4.69, 9.17) is 11.2 Å². The molecule has 7 heteroatoms. The smallest absolute Gasteiger partial charge is 0.295 e. The Kier molecular flexibility index (Phi) is 4.89. The van der Waals surface area contributed by atoms with Gasteiger partial charge in [-0.05, 0) is 25.7 Å². The zero-order valence-corrected chi connectivity index (χ0v) is 13.2. The predicted octanol–water partition coefficient (Wildman–Crippen LogP) is 3.03. The SMILES string of the molecule is C#CC1(Oc2nc(SC(=O)N(C)C)ns2)CCCCC1. The van der Waals surface area contributed by atoms with Crippen LogP contribution in [0.5, 0.6) is 5.19 Å². The van der Waals surface area contributed by atoms with Gasteiger partial charge in [-0.3, -0.25) is 4.79 Å². The van der Waals surface area contributed by atoms with Crippen molar-refractivity contribution in [1.29, 1.82) is 0 Å². The summed E-state index contributed by atoms with van der Waals surface area (Å²) in [5.41, 5.74) is -0.550. The van der Waals surface area contributed by atoms with Gasteiger partial charge in [0.05, 0.1) is 0 Å². The average molecular weight is 311 g/mol.